The normalized spacial score (nSPS) is 10.3. The minimum Gasteiger partial charge on any atom is -0.378 e. The number of aromatic nitrogens is 2. The van der Waals surface area contributed by atoms with Gasteiger partial charge in [0.05, 0.1) is 4.92 Å². The molecule has 7 nitrogen and oxygen atoms in total. The largest absolute Gasteiger partial charge is 0.378 e. The third-order valence-corrected chi connectivity index (χ3v) is 2.28. The lowest BCUT2D eigenvalue weighted by Crippen LogP contribution is -2.07. The molecule has 0 saturated heterocycles. The number of anilines is 3. The molecule has 0 aliphatic carbocycles. The summed E-state index contributed by atoms with van der Waals surface area (Å²) in [6, 6.07) is 0.837. The van der Waals surface area contributed by atoms with Crippen molar-refractivity contribution in [2.24, 2.45) is 0 Å². The fraction of sp³-hybridized carbons (Fsp3) is 0. The number of nitrogens with two attached hydrogens (primary N) is 1. The number of nitrogen functional groups attached to an aromatic ring is 1. The highest BCUT2D eigenvalue weighted by molar-refractivity contribution is 5.72. The van der Waals surface area contributed by atoms with Crippen LogP contribution in [0.3, 0.4) is 0 Å². The topological polar surface area (TPSA) is 107 Å². The molecule has 0 aliphatic heterocycles. The summed E-state index contributed by atoms with van der Waals surface area (Å²) in [4.78, 5) is 16.8. The third-order valence-electron chi connectivity index (χ3n) is 2.28. The van der Waals surface area contributed by atoms with Gasteiger partial charge in [-0.15, -0.1) is 0 Å². The highest BCUT2D eigenvalue weighted by Crippen LogP contribution is 2.31. The molecule has 0 bridgehead atoms. The molecule has 0 spiro atoms. The monoisotopic (exact) mass is 285 g/mol. The molecule has 104 valence electrons. The molecule has 0 saturated carbocycles. The lowest BCUT2D eigenvalue weighted by molar-refractivity contribution is -0.383. The van der Waals surface area contributed by atoms with Crippen LogP contribution in [-0.2, 0) is 0 Å². The lowest BCUT2D eigenvalue weighted by Gasteiger charge is -2.08. The van der Waals surface area contributed by atoms with E-state index in [1.54, 1.807) is 0 Å². The van der Waals surface area contributed by atoms with Gasteiger partial charge >= 0.3 is 5.69 Å². The van der Waals surface area contributed by atoms with Gasteiger partial charge < -0.3 is 11.1 Å². The molecule has 2 rings (SSSR count). The third kappa shape index (κ3) is 2.43. The van der Waals surface area contributed by atoms with Gasteiger partial charge in [0, 0.05) is 12.1 Å². The molecule has 1 aromatic carbocycles. The fourth-order valence-electron chi connectivity index (χ4n) is 1.44. The number of nitrogens with one attached hydrogen (secondary N) is 1. The van der Waals surface area contributed by atoms with Crippen molar-refractivity contribution in [3.63, 3.8) is 0 Å². The number of nitrogens with zero attached hydrogens (tertiary/aromatic N) is 3. The van der Waals surface area contributed by atoms with Crippen molar-refractivity contribution in [1.82, 2.24) is 9.97 Å². The van der Waals surface area contributed by atoms with Crippen LogP contribution in [0.1, 0.15) is 0 Å². The summed E-state index contributed by atoms with van der Waals surface area (Å²) in [5.41, 5.74) is 3.77. The van der Waals surface area contributed by atoms with Gasteiger partial charge in [0.25, 0.3) is 0 Å². The molecular formula is C10H6F3N5O2. The van der Waals surface area contributed by atoms with Gasteiger partial charge in [-0.2, -0.15) is 0 Å². The summed E-state index contributed by atoms with van der Waals surface area (Å²) in [6.45, 7) is 0. The highest BCUT2D eigenvalue weighted by atomic mass is 19.1. The van der Waals surface area contributed by atoms with Gasteiger partial charge in [-0.05, 0) is 0 Å². The van der Waals surface area contributed by atoms with E-state index in [0.29, 0.717) is 12.1 Å². The quantitative estimate of drug-likeness (QED) is 0.660. The van der Waals surface area contributed by atoms with Crippen LogP contribution >= 0.6 is 0 Å². The Bertz CT molecular complexity index is 672. The van der Waals surface area contributed by atoms with Crippen LogP contribution < -0.4 is 11.1 Å². The standard InChI is InChI=1S/C10H6F3N5O2/c11-4-1-5(12)7(6(13)2-4)17-10-8(18(19)20)9(14)15-3-16-10/h1-3H,(H3,14,15,16,17). The predicted molar refractivity (Wildman–Crippen MR) is 62.7 cm³/mol. The second-order valence-corrected chi connectivity index (χ2v) is 3.58. The average Bonchev–Trinajstić information content (AvgIpc) is 2.33. The van der Waals surface area contributed by atoms with E-state index in [-0.39, 0.29) is 0 Å². The number of hydrogen-bond donors (Lipinski definition) is 2. The van der Waals surface area contributed by atoms with Crippen LogP contribution in [0, 0.1) is 27.6 Å². The van der Waals surface area contributed by atoms with Crippen molar-refractivity contribution in [3.05, 3.63) is 46.0 Å². The second kappa shape index (κ2) is 4.99. The van der Waals surface area contributed by atoms with Crippen molar-refractivity contribution in [2.45, 2.75) is 0 Å². The predicted octanol–water partition coefficient (Wildman–Crippen LogP) is 2.13. The number of halogens is 3. The average molecular weight is 285 g/mol. The first-order chi connectivity index (χ1) is 9.40. The molecule has 0 atom stereocenters. The number of benzene rings is 1. The molecule has 0 unspecified atom stereocenters. The first-order valence-electron chi connectivity index (χ1n) is 5.06. The first kappa shape index (κ1) is 13.5. The summed E-state index contributed by atoms with van der Waals surface area (Å²) in [7, 11) is 0. The van der Waals surface area contributed by atoms with Crippen molar-refractivity contribution < 1.29 is 18.1 Å². The summed E-state index contributed by atoms with van der Waals surface area (Å²) in [5, 5.41) is 12.9. The van der Waals surface area contributed by atoms with Gasteiger partial charge in [-0.25, -0.2) is 23.1 Å². The van der Waals surface area contributed by atoms with Gasteiger partial charge in [0.15, 0.2) is 11.6 Å². The molecule has 1 aromatic heterocycles. The van der Waals surface area contributed by atoms with E-state index >= 15 is 0 Å². The Hall–Kier alpha value is -2.91. The summed E-state index contributed by atoms with van der Waals surface area (Å²) >= 11 is 0. The van der Waals surface area contributed by atoms with Crippen molar-refractivity contribution in [2.75, 3.05) is 11.1 Å². The maximum Gasteiger partial charge on any atom is 0.353 e. The number of nitro groups is 1. The smallest absolute Gasteiger partial charge is 0.353 e. The van der Waals surface area contributed by atoms with E-state index < -0.39 is 45.4 Å². The highest BCUT2D eigenvalue weighted by Gasteiger charge is 2.23. The van der Waals surface area contributed by atoms with Gasteiger partial charge in [0.1, 0.15) is 17.8 Å². The van der Waals surface area contributed by atoms with E-state index in [1.165, 1.54) is 0 Å². The van der Waals surface area contributed by atoms with E-state index in [2.05, 4.69) is 15.3 Å². The van der Waals surface area contributed by atoms with Gasteiger partial charge in [-0.3, -0.25) is 10.1 Å². The molecule has 0 aliphatic rings. The molecule has 20 heavy (non-hydrogen) atoms. The first-order valence-corrected chi connectivity index (χ1v) is 5.06. The van der Waals surface area contributed by atoms with E-state index in [9.17, 15) is 23.3 Å². The van der Waals surface area contributed by atoms with Crippen LogP contribution in [0.4, 0.5) is 36.2 Å². The van der Waals surface area contributed by atoms with Crippen LogP contribution in [-0.4, -0.2) is 14.9 Å². The van der Waals surface area contributed by atoms with Crippen molar-refractivity contribution >= 4 is 23.0 Å². The van der Waals surface area contributed by atoms with E-state index in [0.717, 1.165) is 6.33 Å². The van der Waals surface area contributed by atoms with E-state index in [4.69, 9.17) is 5.73 Å². The lowest BCUT2D eigenvalue weighted by atomic mass is 10.2. The number of rotatable bonds is 3. The Morgan fingerprint density at radius 2 is 1.80 bits per heavy atom. The molecule has 1 heterocycles. The Kier molecular flexibility index (Phi) is 3.37. The Balaban J connectivity index is 2.51. The number of hydrogen-bond acceptors (Lipinski definition) is 6. The Labute approximate surface area is 109 Å². The molecule has 10 heteroatoms. The Morgan fingerprint density at radius 3 is 2.35 bits per heavy atom. The van der Waals surface area contributed by atoms with Gasteiger partial charge in [0.2, 0.25) is 11.6 Å². The molecule has 3 N–H and O–H groups in total. The summed E-state index contributed by atoms with van der Waals surface area (Å²) in [5.74, 6) is -4.65. The minimum absolute atomic E-state index is 0.418. The Morgan fingerprint density at radius 1 is 1.20 bits per heavy atom. The molecule has 0 amide bonds. The maximum atomic E-state index is 13.4. The van der Waals surface area contributed by atoms with Crippen LogP contribution in [0.2, 0.25) is 0 Å². The van der Waals surface area contributed by atoms with Crippen LogP contribution in [0.5, 0.6) is 0 Å². The fourth-order valence-corrected chi connectivity index (χ4v) is 1.44. The van der Waals surface area contributed by atoms with Crippen molar-refractivity contribution in [1.29, 1.82) is 0 Å². The minimum atomic E-state index is -1.27. The SMILES string of the molecule is Nc1ncnc(Nc2c(F)cc(F)cc2F)c1[N+](=O)[O-]. The summed E-state index contributed by atoms with van der Waals surface area (Å²) in [6.07, 6.45) is 0.879. The molecule has 0 fully saturated rings. The second-order valence-electron chi connectivity index (χ2n) is 3.58. The van der Waals surface area contributed by atoms with Crippen molar-refractivity contribution in [3.8, 4) is 0 Å². The van der Waals surface area contributed by atoms with Gasteiger partial charge in [-0.1, -0.05) is 0 Å². The molecular weight excluding hydrogens is 279 g/mol. The zero-order valence-electron chi connectivity index (χ0n) is 9.60. The molecule has 0 radical (unpaired) electrons. The summed E-state index contributed by atoms with van der Waals surface area (Å²) < 4.78 is 39.6. The van der Waals surface area contributed by atoms with E-state index in [1.807, 2.05) is 0 Å². The zero-order valence-corrected chi connectivity index (χ0v) is 9.60. The van der Waals surface area contributed by atoms with Crippen LogP contribution in [0.25, 0.3) is 0 Å². The van der Waals surface area contributed by atoms with Crippen LogP contribution in [0.15, 0.2) is 18.5 Å². The maximum absolute atomic E-state index is 13.4. The zero-order chi connectivity index (χ0) is 14.9. The molecule has 2 aromatic rings.